The highest BCUT2D eigenvalue weighted by molar-refractivity contribution is 5.95. The van der Waals surface area contributed by atoms with Gasteiger partial charge in [0.05, 0.1) is 19.3 Å². The summed E-state index contributed by atoms with van der Waals surface area (Å²) in [5, 5.41) is 16.5. The lowest BCUT2D eigenvalue weighted by atomic mass is 9.96. The van der Waals surface area contributed by atoms with Crippen molar-refractivity contribution in [3.05, 3.63) is 53.8 Å². The third-order valence-electron chi connectivity index (χ3n) is 4.76. The molecule has 1 fully saturated rings. The Morgan fingerprint density at radius 1 is 1.19 bits per heavy atom. The molecule has 1 aliphatic rings. The number of ether oxygens (including phenoxy) is 1. The van der Waals surface area contributed by atoms with E-state index in [0.29, 0.717) is 18.5 Å². The predicted octanol–water partition coefficient (Wildman–Crippen LogP) is 4.43. The zero-order chi connectivity index (χ0) is 19.1. The number of hydrogen-bond donors (Lipinski definition) is 3. The largest absolute Gasteiger partial charge is 0.506 e. The summed E-state index contributed by atoms with van der Waals surface area (Å²) in [6.45, 7) is 0.405. The normalized spacial score (nSPS) is 15.4. The number of aromatic hydroxyl groups is 1. The van der Waals surface area contributed by atoms with Crippen LogP contribution in [-0.4, -0.2) is 24.2 Å². The monoisotopic (exact) mass is 371 g/mol. The Balaban J connectivity index is 1.80. The molecule has 0 aliphatic heterocycles. The van der Waals surface area contributed by atoms with E-state index in [-0.39, 0.29) is 11.4 Å². The van der Waals surface area contributed by atoms with Crippen molar-refractivity contribution in [3.63, 3.8) is 0 Å². The van der Waals surface area contributed by atoms with Gasteiger partial charge < -0.3 is 20.5 Å². The average molecular weight is 371 g/mol. The molecule has 144 valence electrons. The fourth-order valence-corrected chi connectivity index (χ4v) is 3.30. The number of phenols is 1. The number of hydrogen-bond acceptors (Lipinski definition) is 3. The van der Waals surface area contributed by atoms with E-state index in [9.17, 15) is 9.50 Å². The van der Waals surface area contributed by atoms with Crippen LogP contribution in [0.15, 0.2) is 47.5 Å². The Bertz CT molecular complexity index is 789. The van der Waals surface area contributed by atoms with Gasteiger partial charge >= 0.3 is 0 Å². The van der Waals surface area contributed by atoms with Crippen molar-refractivity contribution in [1.29, 1.82) is 0 Å². The number of rotatable bonds is 5. The van der Waals surface area contributed by atoms with Crippen molar-refractivity contribution in [2.24, 2.45) is 4.99 Å². The van der Waals surface area contributed by atoms with E-state index < -0.39 is 5.82 Å². The van der Waals surface area contributed by atoms with Crippen molar-refractivity contribution in [2.45, 2.75) is 44.7 Å². The summed E-state index contributed by atoms with van der Waals surface area (Å²) < 4.78 is 19.0. The predicted molar refractivity (Wildman–Crippen MR) is 106 cm³/mol. The molecule has 6 heteroatoms. The van der Waals surface area contributed by atoms with Gasteiger partial charge in [0, 0.05) is 17.7 Å². The maximum Gasteiger partial charge on any atom is 0.196 e. The Labute approximate surface area is 159 Å². The number of nitrogens with zero attached hydrogens (tertiary/aromatic N) is 1. The Kier molecular flexibility index (Phi) is 6.52. The minimum absolute atomic E-state index is 0.0214. The second-order valence-electron chi connectivity index (χ2n) is 6.74. The second-order valence-corrected chi connectivity index (χ2v) is 6.74. The first-order chi connectivity index (χ1) is 13.2. The van der Waals surface area contributed by atoms with E-state index in [1.54, 1.807) is 7.11 Å². The van der Waals surface area contributed by atoms with E-state index >= 15 is 0 Å². The third kappa shape index (κ3) is 5.36. The lowest BCUT2D eigenvalue weighted by Crippen LogP contribution is -2.40. The molecule has 5 nitrogen and oxygen atoms in total. The molecular weight excluding hydrogens is 345 g/mol. The van der Waals surface area contributed by atoms with Crippen molar-refractivity contribution >= 4 is 11.6 Å². The highest BCUT2D eigenvalue weighted by Gasteiger charge is 2.16. The fourth-order valence-electron chi connectivity index (χ4n) is 3.30. The van der Waals surface area contributed by atoms with Crippen LogP contribution in [0.3, 0.4) is 0 Å². The molecule has 0 saturated heterocycles. The van der Waals surface area contributed by atoms with Crippen LogP contribution in [0.2, 0.25) is 0 Å². The van der Waals surface area contributed by atoms with Gasteiger partial charge in [0.15, 0.2) is 5.96 Å². The third-order valence-corrected chi connectivity index (χ3v) is 4.76. The zero-order valence-corrected chi connectivity index (χ0v) is 15.5. The standard InChI is InChI=1S/C21H26FN3O2/c1-27-20-10-6-5-7-15(20)14-23-21(24-17-8-3-2-4-9-17)25-18-13-16(22)11-12-19(18)26/h5-7,10-13,17,26H,2-4,8-9,14H2,1H3,(H2,23,24,25). The zero-order valence-electron chi connectivity index (χ0n) is 15.5. The van der Waals surface area contributed by atoms with Gasteiger partial charge in [-0.15, -0.1) is 0 Å². The molecule has 0 bridgehead atoms. The topological polar surface area (TPSA) is 65.9 Å². The molecule has 0 unspecified atom stereocenters. The first-order valence-electron chi connectivity index (χ1n) is 9.34. The van der Waals surface area contributed by atoms with E-state index in [4.69, 9.17) is 4.74 Å². The molecular formula is C21H26FN3O2. The van der Waals surface area contributed by atoms with Gasteiger partial charge in [-0.2, -0.15) is 0 Å². The molecule has 2 aromatic rings. The summed E-state index contributed by atoms with van der Waals surface area (Å²) in [6, 6.07) is 11.8. The number of aliphatic imine (C=N–C) groups is 1. The summed E-state index contributed by atoms with van der Waals surface area (Å²) in [6.07, 6.45) is 5.77. The fraction of sp³-hybridized carbons (Fsp3) is 0.381. The van der Waals surface area contributed by atoms with Gasteiger partial charge in [0.2, 0.25) is 0 Å². The summed E-state index contributed by atoms with van der Waals surface area (Å²) >= 11 is 0. The highest BCUT2D eigenvalue weighted by atomic mass is 19.1. The SMILES string of the molecule is COc1ccccc1CN=C(Nc1cc(F)ccc1O)NC1CCCCC1. The second kappa shape index (κ2) is 9.26. The maximum atomic E-state index is 13.6. The van der Waals surface area contributed by atoms with Crippen LogP contribution in [0, 0.1) is 5.82 Å². The van der Waals surface area contributed by atoms with Crippen molar-refractivity contribution < 1.29 is 14.2 Å². The van der Waals surface area contributed by atoms with Crippen LogP contribution in [0.1, 0.15) is 37.7 Å². The first kappa shape index (κ1) is 19.0. The maximum absolute atomic E-state index is 13.6. The van der Waals surface area contributed by atoms with E-state index in [1.807, 2.05) is 24.3 Å². The van der Waals surface area contributed by atoms with Gasteiger partial charge in [-0.1, -0.05) is 37.5 Å². The van der Waals surface area contributed by atoms with Gasteiger partial charge in [-0.25, -0.2) is 9.38 Å². The lowest BCUT2D eigenvalue weighted by molar-refractivity contribution is 0.409. The molecule has 0 amide bonds. The minimum Gasteiger partial charge on any atom is -0.506 e. The van der Waals surface area contributed by atoms with Gasteiger partial charge in [-0.05, 0) is 31.0 Å². The van der Waals surface area contributed by atoms with Crippen LogP contribution < -0.4 is 15.4 Å². The molecule has 0 atom stereocenters. The summed E-state index contributed by atoms with van der Waals surface area (Å²) in [5.41, 5.74) is 1.24. The molecule has 0 aromatic heterocycles. The Morgan fingerprint density at radius 2 is 1.96 bits per heavy atom. The van der Waals surface area contributed by atoms with Crippen molar-refractivity contribution in [3.8, 4) is 11.5 Å². The molecule has 3 rings (SSSR count). The lowest BCUT2D eigenvalue weighted by Gasteiger charge is -2.25. The Hall–Kier alpha value is -2.76. The first-order valence-corrected chi connectivity index (χ1v) is 9.34. The van der Waals surface area contributed by atoms with E-state index in [0.717, 1.165) is 24.2 Å². The molecule has 1 saturated carbocycles. The van der Waals surface area contributed by atoms with Crippen LogP contribution in [-0.2, 0) is 6.54 Å². The van der Waals surface area contributed by atoms with Crippen molar-refractivity contribution in [2.75, 3.05) is 12.4 Å². The average Bonchev–Trinajstić information content (AvgIpc) is 2.70. The minimum atomic E-state index is -0.419. The molecule has 3 N–H and O–H groups in total. The van der Waals surface area contributed by atoms with Gasteiger partial charge in [0.1, 0.15) is 17.3 Å². The Morgan fingerprint density at radius 3 is 2.74 bits per heavy atom. The molecule has 1 aliphatic carbocycles. The molecule has 27 heavy (non-hydrogen) atoms. The molecule has 2 aromatic carbocycles. The number of phenolic OH excluding ortho intramolecular Hbond substituents is 1. The molecule has 0 spiro atoms. The number of para-hydroxylation sites is 1. The summed E-state index contributed by atoms with van der Waals surface area (Å²) in [4.78, 5) is 4.64. The van der Waals surface area contributed by atoms with Crippen LogP contribution in [0.25, 0.3) is 0 Å². The van der Waals surface area contributed by atoms with Crippen LogP contribution in [0.5, 0.6) is 11.5 Å². The number of nitrogens with one attached hydrogen (secondary N) is 2. The number of guanidine groups is 1. The highest BCUT2D eigenvalue weighted by Crippen LogP contribution is 2.24. The number of anilines is 1. The summed E-state index contributed by atoms with van der Waals surface area (Å²) in [5.74, 6) is 0.851. The molecule has 0 radical (unpaired) electrons. The number of halogens is 1. The number of methoxy groups -OCH3 is 1. The van der Waals surface area contributed by atoms with Crippen LogP contribution in [0.4, 0.5) is 10.1 Å². The van der Waals surface area contributed by atoms with E-state index in [2.05, 4.69) is 15.6 Å². The summed E-state index contributed by atoms with van der Waals surface area (Å²) in [7, 11) is 1.63. The van der Waals surface area contributed by atoms with E-state index in [1.165, 1.54) is 37.5 Å². The van der Waals surface area contributed by atoms with Crippen LogP contribution >= 0.6 is 0 Å². The van der Waals surface area contributed by atoms with Crippen molar-refractivity contribution in [1.82, 2.24) is 5.32 Å². The molecule has 0 heterocycles. The van der Waals surface area contributed by atoms with Gasteiger partial charge in [-0.3, -0.25) is 0 Å². The van der Waals surface area contributed by atoms with Gasteiger partial charge in [0.25, 0.3) is 0 Å². The smallest absolute Gasteiger partial charge is 0.196 e. The quantitative estimate of drug-likeness (QED) is 0.413. The number of benzene rings is 2.